The summed E-state index contributed by atoms with van der Waals surface area (Å²) in [5, 5.41) is 12.1. The smallest absolute Gasteiger partial charge is 0.231 e. The van der Waals surface area contributed by atoms with Crippen LogP contribution in [-0.4, -0.2) is 40.8 Å². The highest BCUT2D eigenvalue weighted by Gasteiger charge is 2.28. The lowest BCUT2D eigenvalue weighted by atomic mass is 9.79. The van der Waals surface area contributed by atoms with Crippen molar-refractivity contribution in [3.8, 4) is 0 Å². The average molecular weight is 285 g/mol. The molecule has 0 aromatic carbocycles. The molecule has 0 spiro atoms. The summed E-state index contributed by atoms with van der Waals surface area (Å²) in [6, 6.07) is 6.07. The average Bonchev–Trinajstić information content (AvgIpc) is 3.00. The van der Waals surface area contributed by atoms with Gasteiger partial charge < -0.3 is 10.2 Å². The number of hydrogen-bond acceptors (Lipinski definition) is 4. The van der Waals surface area contributed by atoms with Crippen molar-refractivity contribution in [2.24, 2.45) is 11.8 Å². The molecule has 4 heterocycles. The van der Waals surface area contributed by atoms with Crippen molar-refractivity contribution in [2.45, 2.75) is 25.7 Å². The molecule has 0 amide bonds. The largest absolute Gasteiger partial charge is 0.341 e. The molecule has 1 N–H and O–H groups in total. The lowest BCUT2D eigenvalue weighted by Crippen LogP contribution is -2.40. The summed E-state index contributed by atoms with van der Waals surface area (Å²) in [6.45, 7) is 4.65. The molecule has 2 aromatic rings. The van der Waals surface area contributed by atoms with Gasteiger partial charge >= 0.3 is 0 Å². The van der Waals surface area contributed by atoms with Crippen molar-refractivity contribution in [1.29, 1.82) is 0 Å². The lowest BCUT2D eigenvalue weighted by molar-refractivity contribution is 0.221. The second-order valence-electron chi connectivity index (χ2n) is 6.34. The lowest BCUT2D eigenvalue weighted by Gasteiger charge is -2.37. The molecule has 112 valence electrons. The van der Waals surface area contributed by atoms with E-state index < -0.39 is 0 Å². The zero-order valence-corrected chi connectivity index (χ0v) is 12.4. The number of aromatic nitrogens is 3. The maximum Gasteiger partial charge on any atom is 0.231 e. The fourth-order valence-corrected chi connectivity index (χ4v) is 3.93. The van der Waals surface area contributed by atoms with E-state index in [0.29, 0.717) is 0 Å². The number of hydrogen-bond donors (Lipinski definition) is 1. The Morgan fingerprint density at radius 1 is 0.952 bits per heavy atom. The van der Waals surface area contributed by atoms with Crippen LogP contribution >= 0.6 is 0 Å². The number of anilines is 1. The minimum atomic E-state index is 0.905. The van der Waals surface area contributed by atoms with Gasteiger partial charge in [0, 0.05) is 19.3 Å². The molecule has 2 aliphatic heterocycles. The van der Waals surface area contributed by atoms with Crippen LogP contribution in [0.5, 0.6) is 0 Å². The maximum atomic E-state index is 4.39. The summed E-state index contributed by atoms with van der Waals surface area (Å²) >= 11 is 0. The molecule has 21 heavy (non-hydrogen) atoms. The van der Waals surface area contributed by atoms with Crippen LogP contribution in [0.4, 0.5) is 5.95 Å². The standard InChI is InChI=1S/C16H23N5/c1-2-10-21-15(3-1)18-19-16(21)20-11-6-14(7-12-20)13-4-8-17-9-5-13/h1-3,10,13-14,17H,4-9,11-12H2. The third kappa shape index (κ3) is 2.50. The Hall–Kier alpha value is -1.62. The molecule has 0 radical (unpaired) electrons. The summed E-state index contributed by atoms with van der Waals surface area (Å²) in [7, 11) is 0. The fourth-order valence-electron chi connectivity index (χ4n) is 3.93. The van der Waals surface area contributed by atoms with E-state index >= 15 is 0 Å². The van der Waals surface area contributed by atoms with Crippen molar-refractivity contribution in [3.63, 3.8) is 0 Å². The predicted molar refractivity (Wildman–Crippen MR) is 83.5 cm³/mol. The SMILES string of the molecule is c1ccn2c(N3CCC(C4CCNCC4)CC3)nnc2c1. The summed E-state index contributed by atoms with van der Waals surface area (Å²) < 4.78 is 2.10. The molecule has 5 nitrogen and oxygen atoms in total. The first-order valence-electron chi connectivity index (χ1n) is 8.17. The minimum absolute atomic E-state index is 0.905. The van der Waals surface area contributed by atoms with Crippen molar-refractivity contribution >= 4 is 11.6 Å². The molecule has 2 aliphatic rings. The van der Waals surface area contributed by atoms with Crippen molar-refractivity contribution < 1.29 is 0 Å². The van der Waals surface area contributed by atoms with Crippen LogP contribution in [0.2, 0.25) is 0 Å². The van der Waals surface area contributed by atoms with Crippen LogP contribution in [0, 0.1) is 11.8 Å². The van der Waals surface area contributed by atoms with Gasteiger partial charge in [-0.15, -0.1) is 10.2 Å². The van der Waals surface area contributed by atoms with Gasteiger partial charge in [-0.05, 0) is 62.7 Å². The number of rotatable bonds is 2. The molecule has 0 unspecified atom stereocenters. The van der Waals surface area contributed by atoms with Crippen LogP contribution in [0.25, 0.3) is 5.65 Å². The van der Waals surface area contributed by atoms with Crippen LogP contribution in [0.1, 0.15) is 25.7 Å². The number of fused-ring (bicyclic) bond motifs is 1. The molecule has 5 heteroatoms. The summed E-state index contributed by atoms with van der Waals surface area (Å²) in [6.07, 6.45) is 7.37. The Bertz CT molecular complexity index is 593. The Labute approximate surface area is 125 Å². The number of nitrogens with zero attached hydrogens (tertiary/aromatic N) is 4. The van der Waals surface area contributed by atoms with Gasteiger partial charge in [0.15, 0.2) is 5.65 Å². The predicted octanol–water partition coefficient (Wildman–Crippen LogP) is 1.95. The van der Waals surface area contributed by atoms with Gasteiger partial charge in [-0.1, -0.05) is 6.07 Å². The van der Waals surface area contributed by atoms with E-state index in [1.165, 1.54) is 38.8 Å². The van der Waals surface area contributed by atoms with Gasteiger partial charge in [-0.2, -0.15) is 0 Å². The second kappa shape index (κ2) is 5.64. The Balaban J connectivity index is 1.45. The topological polar surface area (TPSA) is 45.5 Å². The molecule has 0 bridgehead atoms. The van der Waals surface area contributed by atoms with E-state index in [9.17, 15) is 0 Å². The molecule has 4 rings (SSSR count). The number of piperidine rings is 2. The van der Waals surface area contributed by atoms with E-state index in [1.54, 1.807) is 0 Å². The first kappa shape index (κ1) is 13.1. The van der Waals surface area contributed by atoms with Crippen LogP contribution in [0.3, 0.4) is 0 Å². The molecule has 2 aromatic heterocycles. The quantitative estimate of drug-likeness (QED) is 0.916. The van der Waals surface area contributed by atoms with Crippen LogP contribution < -0.4 is 10.2 Å². The number of nitrogens with one attached hydrogen (secondary N) is 1. The minimum Gasteiger partial charge on any atom is -0.341 e. The van der Waals surface area contributed by atoms with Crippen LogP contribution in [-0.2, 0) is 0 Å². The molecular weight excluding hydrogens is 262 g/mol. The zero-order valence-electron chi connectivity index (χ0n) is 12.4. The van der Waals surface area contributed by atoms with Gasteiger partial charge in [0.25, 0.3) is 0 Å². The Morgan fingerprint density at radius 3 is 2.52 bits per heavy atom. The Kier molecular flexibility index (Phi) is 3.51. The van der Waals surface area contributed by atoms with Crippen LogP contribution in [0.15, 0.2) is 24.4 Å². The van der Waals surface area contributed by atoms with Gasteiger partial charge in [0.05, 0.1) is 0 Å². The third-order valence-electron chi connectivity index (χ3n) is 5.17. The molecule has 0 saturated carbocycles. The second-order valence-corrected chi connectivity index (χ2v) is 6.34. The van der Waals surface area contributed by atoms with Gasteiger partial charge in [0.1, 0.15) is 0 Å². The summed E-state index contributed by atoms with van der Waals surface area (Å²) in [5.41, 5.74) is 0.938. The van der Waals surface area contributed by atoms with Crippen molar-refractivity contribution in [3.05, 3.63) is 24.4 Å². The normalized spacial score (nSPS) is 22.0. The zero-order chi connectivity index (χ0) is 14.1. The monoisotopic (exact) mass is 285 g/mol. The van der Waals surface area contributed by atoms with Crippen molar-refractivity contribution in [2.75, 3.05) is 31.1 Å². The summed E-state index contributed by atoms with van der Waals surface area (Å²) in [4.78, 5) is 2.40. The highest BCUT2D eigenvalue weighted by Crippen LogP contribution is 2.32. The highest BCUT2D eigenvalue weighted by atomic mass is 15.4. The van der Waals surface area contributed by atoms with E-state index in [2.05, 4.69) is 31.0 Å². The first-order valence-corrected chi connectivity index (χ1v) is 8.17. The molecule has 0 atom stereocenters. The third-order valence-corrected chi connectivity index (χ3v) is 5.17. The summed E-state index contributed by atoms with van der Waals surface area (Å²) in [5.74, 6) is 2.85. The molecule has 2 saturated heterocycles. The fraction of sp³-hybridized carbons (Fsp3) is 0.625. The van der Waals surface area contributed by atoms with Gasteiger partial charge in [-0.25, -0.2) is 0 Å². The highest BCUT2D eigenvalue weighted by molar-refractivity contribution is 5.46. The maximum absolute atomic E-state index is 4.39. The van der Waals surface area contributed by atoms with E-state index in [1.807, 2.05) is 18.2 Å². The Morgan fingerprint density at radius 2 is 1.71 bits per heavy atom. The first-order chi connectivity index (χ1) is 10.4. The van der Waals surface area contributed by atoms with Gasteiger partial charge in [0.2, 0.25) is 5.95 Å². The molecule has 2 fully saturated rings. The van der Waals surface area contributed by atoms with E-state index in [4.69, 9.17) is 0 Å². The van der Waals surface area contributed by atoms with E-state index in [-0.39, 0.29) is 0 Å². The molecular formula is C16H23N5. The van der Waals surface area contributed by atoms with E-state index in [0.717, 1.165) is 36.5 Å². The van der Waals surface area contributed by atoms with Crippen molar-refractivity contribution in [1.82, 2.24) is 19.9 Å². The number of pyridine rings is 1. The van der Waals surface area contributed by atoms with Gasteiger partial charge in [-0.3, -0.25) is 4.40 Å². The molecule has 0 aliphatic carbocycles.